The molecule has 0 amide bonds. The van der Waals surface area contributed by atoms with E-state index in [-0.39, 0.29) is 0 Å². The van der Waals surface area contributed by atoms with Crippen molar-refractivity contribution < 1.29 is 4.74 Å². The van der Waals surface area contributed by atoms with E-state index in [0.29, 0.717) is 5.92 Å². The van der Waals surface area contributed by atoms with Crippen molar-refractivity contribution in [2.24, 2.45) is 5.92 Å². The monoisotopic (exact) mass is 148 g/mol. The summed E-state index contributed by atoms with van der Waals surface area (Å²) in [6.07, 6.45) is 0. The minimum atomic E-state index is 0.593. The zero-order valence-corrected chi connectivity index (χ0v) is 7.08. The summed E-state index contributed by atoms with van der Waals surface area (Å²) in [6, 6.07) is 5.94. The first kappa shape index (κ1) is 8.31. The SMILES string of the molecule is CC(C)COc1bcccc1. The van der Waals surface area contributed by atoms with Crippen LogP contribution in [0.2, 0.25) is 0 Å². The Kier molecular flexibility index (Phi) is 3.15. The van der Waals surface area contributed by atoms with Gasteiger partial charge in [-0.1, -0.05) is 0 Å². The molecule has 1 heterocycles. The van der Waals surface area contributed by atoms with E-state index in [1.807, 2.05) is 31.1 Å². The second kappa shape index (κ2) is 4.17. The number of ether oxygens (including phenoxy) is 1. The van der Waals surface area contributed by atoms with Crippen LogP contribution in [0, 0.1) is 5.92 Å². The minimum absolute atomic E-state index is 0.593. The van der Waals surface area contributed by atoms with E-state index in [1.54, 1.807) is 0 Å². The first-order chi connectivity index (χ1) is 5.29. The maximum absolute atomic E-state index is 5.47. The molecule has 2 heteroatoms. The molecule has 58 valence electrons. The predicted molar refractivity (Wildman–Crippen MR) is 48.1 cm³/mol. The maximum atomic E-state index is 5.47. The van der Waals surface area contributed by atoms with Gasteiger partial charge in [-0.15, -0.1) is 0 Å². The van der Waals surface area contributed by atoms with Gasteiger partial charge in [0.1, 0.15) is 0 Å². The normalized spacial score (nSPS) is 9.73. The van der Waals surface area contributed by atoms with Crippen LogP contribution in [0.1, 0.15) is 13.8 Å². The Labute approximate surface area is 68.6 Å². The van der Waals surface area contributed by atoms with Crippen molar-refractivity contribution >= 4 is 6.91 Å². The van der Waals surface area contributed by atoms with E-state index >= 15 is 0 Å². The van der Waals surface area contributed by atoms with Crippen molar-refractivity contribution in [3.8, 4) is 5.64 Å². The molecule has 0 aliphatic carbocycles. The van der Waals surface area contributed by atoms with Crippen molar-refractivity contribution in [1.82, 2.24) is 0 Å². The molecular weight excluding hydrogens is 135 g/mol. The average Bonchev–Trinajstić information content (AvgIpc) is 2.03. The molecule has 0 spiro atoms. The molecule has 1 aromatic rings. The molecule has 0 atom stereocenters. The van der Waals surface area contributed by atoms with Crippen LogP contribution in [0.15, 0.2) is 24.2 Å². The Balaban J connectivity index is 2.39. The van der Waals surface area contributed by atoms with Crippen LogP contribution in [0.4, 0.5) is 0 Å². The quantitative estimate of drug-likeness (QED) is 0.637. The third-order valence-corrected chi connectivity index (χ3v) is 1.33. The third kappa shape index (κ3) is 3.21. The molecule has 0 aliphatic heterocycles. The number of rotatable bonds is 3. The molecule has 0 N–H and O–H groups in total. The summed E-state index contributed by atoms with van der Waals surface area (Å²) in [6.45, 7) is 7.05. The van der Waals surface area contributed by atoms with Gasteiger partial charge in [0.15, 0.2) is 0 Å². The molecule has 0 saturated heterocycles. The molecule has 11 heavy (non-hydrogen) atoms. The molecule has 1 nitrogen and oxygen atoms in total. The molecule has 0 fully saturated rings. The van der Waals surface area contributed by atoms with Crippen molar-refractivity contribution in [2.75, 3.05) is 6.61 Å². The Hall–Kier alpha value is -0.785. The van der Waals surface area contributed by atoms with Gasteiger partial charge in [-0.05, 0) is 0 Å². The topological polar surface area (TPSA) is 9.23 Å². The van der Waals surface area contributed by atoms with Crippen LogP contribution in [0.5, 0.6) is 5.64 Å². The number of hydrogen-bond donors (Lipinski definition) is 0. The van der Waals surface area contributed by atoms with Crippen LogP contribution in [0.25, 0.3) is 0 Å². The molecule has 1 rings (SSSR count). The van der Waals surface area contributed by atoms with Crippen molar-refractivity contribution in [3.63, 3.8) is 0 Å². The van der Waals surface area contributed by atoms with E-state index in [1.165, 1.54) is 0 Å². The van der Waals surface area contributed by atoms with Crippen molar-refractivity contribution in [1.29, 1.82) is 0 Å². The number of hydrogen-bond acceptors (Lipinski definition) is 1. The fraction of sp³-hybridized carbons (Fsp3) is 0.444. The Morgan fingerprint density at radius 2 is 2.27 bits per heavy atom. The van der Waals surface area contributed by atoms with Crippen LogP contribution in [0.3, 0.4) is 0 Å². The van der Waals surface area contributed by atoms with E-state index in [0.717, 1.165) is 12.3 Å². The first-order valence-electron chi connectivity index (χ1n) is 3.97. The van der Waals surface area contributed by atoms with Crippen molar-refractivity contribution in [3.05, 3.63) is 24.2 Å². The molecule has 0 aliphatic rings. The van der Waals surface area contributed by atoms with E-state index in [4.69, 9.17) is 4.74 Å². The standard InChI is InChI=1S/C9H13BO/c1-8(2)7-11-9-5-3-4-6-10-9/h3-6,8H,7H2,1-2H3. The summed E-state index contributed by atoms with van der Waals surface area (Å²) < 4.78 is 5.47. The van der Waals surface area contributed by atoms with Gasteiger partial charge in [-0.25, -0.2) is 0 Å². The summed E-state index contributed by atoms with van der Waals surface area (Å²) in [5.41, 5.74) is 0.959. The second-order valence-corrected chi connectivity index (χ2v) is 3.02. The zero-order valence-electron chi connectivity index (χ0n) is 7.08. The van der Waals surface area contributed by atoms with Crippen LogP contribution in [-0.4, -0.2) is 13.5 Å². The molecule has 0 aromatic carbocycles. The van der Waals surface area contributed by atoms with Gasteiger partial charge in [-0.2, -0.15) is 0 Å². The molecule has 0 unspecified atom stereocenters. The van der Waals surface area contributed by atoms with E-state index < -0.39 is 0 Å². The van der Waals surface area contributed by atoms with Gasteiger partial charge in [0.25, 0.3) is 0 Å². The van der Waals surface area contributed by atoms with Gasteiger partial charge in [0, 0.05) is 0 Å². The Bertz CT molecular complexity index is 196. The fourth-order valence-corrected chi connectivity index (χ4v) is 0.780. The van der Waals surface area contributed by atoms with Crippen LogP contribution in [-0.2, 0) is 0 Å². The Morgan fingerprint density at radius 1 is 1.45 bits per heavy atom. The summed E-state index contributed by atoms with van der Waals surface area (Å²) in [5.74, 6) is 2.57. The summed E-state index contributed by atoms with van der Waals surface area (Å²) >= 11 is 0. The van der Waals surface area contributed by atoms with Crippen molar-refractivity contribution in [2.45, 2.75) is 13.8 Å². The summed E-state index contributed by atoms with van der Waals surface area (Å²) in [5, 5.41) is 0. The summed E-state index contributed by atoms with van der Waals surface area (Å²) in [7, 11) is 0. The van der Waals surface area contributed by atoms with E-state index in [2.05, 4.69) is 13.8 Å². The molecule has 0 saturated carbocycles. The molecule has 0 bridgehead atoms. The average molecular weight is 148 g/mol. The Morgan fingerprint density at radius 3 is 2.82 bits per heavy atom. The van der Waals surface area contributed by atoms with Gasteiger partial charge in [-0.3, -0.25) is 0 Å². The third-order valence-electron chi connectivity index (χ3n) is 1.33. The predicted octanol–water partition coefficient (Wildman–Crippen LogP) is 2.06. The van der Waals surface area contributed by atoms with Crippen LogP contribution < -0.4 is 4.74 Å². The van der Waals surface area contributed by atoms with Crippen LogP contribution >= 0.6 is 0 Å². The summed E-state index contributed by atoms with van der Waals surface area (Å²) in [4.78, 5) is 0. The van der Waals surface area contributed by atoms with E-state index in [9.17, 15) is 0 Å². The first-order valence-corrected chi connectivity index (χ1v) is 3.97. The molecule has 1 aromatic heterocycles. The second-order valence-electron chi connectivity index (χ2n) is 3.02. The van der Waals surface area contributed by atoms with Gasteiger partial charge in [0.2, 0.25) is 0 Å². The molecule has 0 radical (unpaired) electrons. The van der Waals surface area contributed by atoms with Gasteiger partial charge < -0.3 is 0 Å². The zero-order chi connectivity index (χ0) is 8.10. The van der Waals surface area contributed by atoms with Gasteiger partial charge >= 0.3 is 67.8 Å². The fourth-order valence-electron chi connectivity index (χ4n) is 0.780. The molecular formula is C9H13BO. The van der Waals surface area contributed by atoms with Gasteiger partial charge in [0.05, 0.1) is 0 Å².